The first-order chi connectivity index (χ1) is 10.0. The van der Waals surface area contributed by atoms with E-state index in [1.807, 2.05) is 20.8 Å². The van der Waals surface area contributed by atoms with Crippen LogP contribution >= 0.6 is 11.6 Å². The van der Waals surface area contributed by atoms with E-state index in [1.54, 1.807) is 14.0 Å². The van der Waals surface area contributed by atoms with Crippen LogP contribution < -0.4 is 5.32 Å². The fraction of sp³-hybridized carbons (Fsp3) is 0.533. The van der Waals surface area contributed by atoms with Gasteiger partial charge in [-0.25, -0.2) is 4.79 Å². The van der Waals surface area contributed by atoms with Crippen LogP contribution in [-0.4, -0.2) is 33.3 Å². The molecule has 1 unspecified atom stereocenters. The molecular weight excluding hydrogens is 306 g/mol. The Morgan fingerprint density at radius 3 is 2.45 bits per heavy atom. The molecule has 22 heavy (non-hydrogen) atoms. The molecule has 7 heteroatoms. The Kier molecular flexibility index (Phi) is 5.77. The van der Waals surface area contributed by atoms with E-state index in [4.69, 9.17) is 16.3 Å². The van der Waals surface area contributed by atoms with Crippen LogP contribution in [0, 0.1) is 6.92 Å². The quantitative estimate of drug-likeness (QED) is 0.680. The van der Waals surface area contributed by atoms with Gasteiger partial charge in [-0.2, -0.15) is 5.10 Å². The monoisotopic (exact) mass is 327 g/mol. The van der Waals surface area contributed by atoms with Gasteiger partial charge in [0.2, 0.25) is 0 Å². The van der Waals surface area contributed by atoms with Crippen LogP contribution in [0.15, 0.2) is 6.08 Å². The van der Waals surface area contributed by atoms with Crippen molar-refractivity contribution in [2.45, 2.75) is 46.3 Å². The molecule has 122 valence electrons. The van der Waals surface area contributed by atoms with Crippen LogP contribution in [-0.2, 0) is 21.4 Å². The smallest absolute Gasteiger partial charge is 0.331 e. The maximum Gasteiger partial charge on any atom is 0.331 e. The summed E-state index contributed by atoms with van der Waals surface area (Å²) in [5.74, 6) is -0.958. The number of carbonyl (C=O) groups excluding carboxylic acids is 2. The lowest BCUT2D eigenvalue weighted by atomic mass is 10.1. The summed E-state index contributed by atoms with van der Waals surface area (Å²) >= 11 is 6.06. The van der Waals surface area contributed by atoms with E-state index >= 15 is 0 Å². The number of ether oxygens (including phenoxy) is 1. The minimum absolute atomic E-state index is 0.343. The first-order valence-corrected chi connectivity index (χ1v) is 7.29. The average Bonchev–Trinajstić information content (AvgIpc) is 2.59. The highest BCUT2D eigenvalue weighted by Crippen LogP contribution is 2.20. The van der Waals surface area contributed by atoms with Gasteiger partial charge in [0.25, 0.3) is 5.91 Å². The molecule has 0 radical (unpaired) electrons. The molecule has 1 rings (SSSR count). The van der Waals surface area contributed by atoms with Gasteiger partial charge in [0.15, 0.2) is 6.10 Å². The van der Waals surface area contributed by atoms with Crippen molar-refractivity contribution in [3.8, 4) is 0 Å². The molecule has 0 spiro atoms. The summed E-state index contributed by atoms with van der Waals surface area (Å²) in [6.07, 6.45) is 1.89. The van der Waals surface area contributed by atoms with Gasteiger partial charge in [-0.05, 0) is 40.7 Å². The van der Waals surface area contributed by atoms with Gasteiger partial charge in [-0.3, -0.25) is 9.48 Å². The highest BCUT2D eigenvalue weighted by Gasteiger charge is 2.21. The Morgan fingerprint density at radius 1 is 1.41 bits per heavy atom. The Balaban J connectivity index is 2.66. The number of hydrogen-bond donors (Lipinski definition) is 1. The normalized spacial score (nSPS) is 13.2. The summed E-state index contributed by atoms with van der Waals surface area (Å²) < 4.78 is 6.57. The lowest BCUT2D eigenvalue weighted by Crippen LogP contribution is -2.46. The van der Waals surface area contributed by atoms with Gasteiger partial charge in [0.1, 0.15) is 5.15 Å². The molecule has 0 saturated heterocycles. The molecule has 1 aromatic heterocycles. The zero-order valence-electron chi connectivity index (χ0n) is 13.7. The molecule has 1 N–H and O–H groups in total. The van der Waals surface area contributed by atoms with Crippen LogP contribution in [0.3, 0.4) is 0 Å². The van der Waals surface area contributed by atoms with Crippen LogP contribution in [0.1, 0.15) is 39.0 Å². The number of aryl methyl sites for hydroxylation is 2. The second kappa shape index (κ2) is 6.96. The molecule has 0 aliphatic carbocycles. The molecule has 1 amide bonds. The number of nitrogens with one attached hydrogen (secondary N) is 1. The average molecular weight is 328 g/mol. The maximum atomic E-state index is 11.8. The van der Waals surface area contributed by atoms with E-state index in [-0.39, 0.29) is 11.4 Å². The second-order valence-electron chi connectivity index (χ2n) is 6.07. The molecular formula is C15H22ClN3O3. The number of nitrogens with zero attached hydrogens (tertiary/aromatic N) is 2. The predicted molar refractivity (Wildman–Crippen MR) is 85.4 cm³/mol. The molecule has 1 heterocycles. The summed E-state index contributed by atoms with van der Waals surface area (Å²) in [6, 6.07) is 0. The van der Waals surface area contributed by atoms with Crippen LogP contribution in [0.4, 0.5) is 0 Å². The van der Waals surface area contributed by atoms with E-state index in [2.05, 4.69) is 10.4 Å². The molecule has 0 aromatic carbocycles. The van der Waals surface area contributed by atoms with Crippen LogP contribution in [0.2, 0.25) is 5.15 Å². The van der Waals surface area contributed by atoms with Crippen molar-refractivity contribution in [2.75, 3.05) is 0 Å². The number of esters is 1. The third kappa shape index (κ3) is 5.18. The van der Waals surface area contributed by atoms with Crippen LogP contribution in [0.25, 0.3) is 6.08 Å². The first-order valence-electron chi connectivity index (χ1n) is 6.91. The fourth-order valence-electron chi connectivity index (χ4n) is 1.73. The number of carbonyl (C=O) groups is 2. The van der Waals surface area contributed by atoms with E-state index in [0.717, 1.165) is 0 Å². The molecule has 0 saturated carbocycles. The number of rotatable bonds is 4. The van der Waals surface area contributed by atoms with Crippen molar-refractivity contribution in [3.63, 3.8) is 0 Å². The highest BCUT2D eigenvalue weighted by molar-refractivity contribution is 6.31. The standard InChI is InChI=1S/C15H22ClN3O3/c1-9-11(13(16)19(6)18-9)7-8-12(20)22-10(2)14(21)17-15(3,4)5/h7-8,10H,1-6H3,(H,17,21)/b8-7+. The lowest BCUT2D eigenvalue weighted by Gasteiger charge is -2.22. The van der Waals surface area contributed by atoms with Gasteiger partial charge >= 0.3 is 5.97 Å². The minimum atomic E-state index is -0.873. The Hall–Kier alpha value is -1.82. The SMILES string of the molecule is Cc1nn(C)c(Cl)c1/C=C/C(=O)OC(C)C(=O)NC(C)(C)C. The maximum absolute atomic E-state index is 11.8. The molecule has 0 aliphatic rings. The second-order valence-corrected chi connectivity index (χ2v) is 6.42. The fourth-order valence-corrected chi connectivity index (χ4v) is 1.96. The van der Waals surface area contributed by atoms with Crippen LogP contribution in [0.5, 0.6) is 0 Å². The number of hydrogen-bond acceptors (Lipinski definition) is 4. The predicted octanol–water partition coefficient (Wildman–Crippen LogP) is 2.24. The third-order valence-corrected chi connectivity index (χ3v) is 3.19. The zero-order chi connectivity index (χ0) is 17.1. The Morgan fingerprint density at radius 2 is 2.00 bits per heavy atom. The van der Waals surface area contributed by atoms with Gasteiger partial charge < -0.3 is 10.1 Å². The summed E-state index contributed by atoms with van der Waals surface area (Å²) in [6.45, 7) is 8.87. The van der Waals surface area contributed by atoms with Crippen molar-refractivity contribution in [2.24, 2.45) is 7.05 Å². The summed E-state index contributed by atoms with van der Waals surface area (Å²) in [5.41, 5.74) is 0.969. The molecule has 1 aromatic rings. The van der Waals surface area contributed by atoms with Crippen molar-refractivity contribution in [1.82, 2.24) is 15.1 Å². The lowest BCUT2D eigenvalue weighted by molar-refractivity contribution is -0.150. The Bertz CT molecular complexity index is 600. The Labute approximate surface area is 135 Å². The molecule has 0 bridgehead atoms. The molecule has 0 aliphatic heterocycles. The summed E-state index contributed by atoms with van der Waals surface area (Å²) in [5, 5.41) is 7.31. The van der Waals surface area contributed by atoms with E-state index < -0.39 is 12.1 Å². The van der Waals surface area contributed by atoms with Gasteiger partial charge in [-0.15, -0.1) is 0 Å². The van der Waals surface area contributed by atoms with E-state index in [9.17, 15) is 9.59 Å². The van der Waals surface area contributed by atoms with Gasteiger partial charge in [-0.1, -0.05) is 11.6 Å². The summed E-state index contributed by atoms with van der Waals surface area (Å²) in [7, 11) is 1.71. The minimum Gasteiger partial charge on any atom is -0.449 e. The van der Waals surface area contributed by atoms with Crippen molar-refractivity contribution in [1.29, 1.82) is 0 Å². The van der Waals surface area contributed by atoms with E-state index in [0.29, 0.717) is 16.4 Å². The largest absolute Gasteiger partial charge is 0.449 e. The first kappa shape index (κ1) is 18.2. The van der Waals surface area contributed by atoms with E-state index in [1.165, 1.54) is 23.8 Å². The van der Waals surface area contributed by atoms with Crippen molar-refractivity contribution < 1.29 is 14.3 Å². The number of halogens is 1. The highest BCUT2D eigenvalue weighted by atomic mass is 35.5. The molecule has 6 nitrogen and oxygen atoms in total. The molecule has 0 fully saturated rings. The summed E-state index contributed by atoms with van der Waals surface area (Å²) in [4.78, 5) is 23.6. The van der Waals surface area contributed by atoms with Crippen molar-refractivity contribution >= 4 is 29.6 Å². The topological polar surface area (TPSA) is 73.2 Å². The number of amides is 1. The number of aromatic nitrogens is 2. The zero-order valence-corrected chi connectivity index (χ0v) is 14.5. The van der Waals surface area contributed by atoms with Crippen molar-refractivity contribution in [3.05, 3.63) is 22.5 Å². The third-order valence-electron chi connectivity index (χ3n) is 2.74. The van der Waals surface area contributed by atoms with Gasteiger partial charge in [0.05, 0.1) is 5.69 Å². The molecule has 1 atom stereocenters. The van der Waals surface area contributed by atoms with Gasteiger partial charge in [0, 0.05) is 24.2 Å².